The Morgan fingerprint density at radius 2 is 2.24 bits per heavy atom. The average molecular weight is 308 g/mol. The van der Waals surface area contributed by atoms with Crippen molar-refractivity contribution in [3.63, 3.8) is 0 Å². The Morgan fingerprint density at radius 1 is 1.43 bits per heavy atom. The molecule has 1 saturated heterocycles. The van der Waals surface area contributed by atoms with Gasteiger partial charge in [0.05, 0.1) is 30.3 Å². The minimum atomic E-state index is -3.03. The van der Waals surface area contributed by atoms with E-state index in [9.17, 15) is 13.2 Å². The van der Waals surface area contributed by atoms with Gasteiger partial charge in [-0.25, -0.2) is 18.2 Å². The van der Waals surface area contributed by atoms with E-state index in [0.717, 1.165) is 11.9 Å². The van der Waals surface area contributed by atoms with Gasteiger partial charge in [0.15, 0.2) is 9.84 Å². The molecule has 2 aromatic rings. The first-order valence-corrected chi connectivity index (χ1v) is 8.59. The standard InChI is InChI=1S/C14H16N2O4S/c1-20-14(17)12-6-2-5-11-8-15-13(16(11)12)10-4-3-7-21(18,19)9-10/h2,5-6,8,10H,3-4,7,9H2,1H3. The topological polar surface area (TPSA) is 77.7 Å². The quantitative estimate of drug-likeness (QED) is 0.784. The van der Waals surface area contributed by atoms with Crippen LogP contribution in [0, 0.1) is 0 Å². The fourth-order valence-corrected chi connectivity index (χ4v) is 4.55. The van der Waals surface area contributed by atoms with Gasteiger partial charge in [0.2, 0.25) is 0 Å². The number of sulfone groups is 1. The van der Waals surface area contributed by atoms with Crippen molar-refractivity contribution in [2.75, 3.05) is 18.6 Å². The van der Waals surface area contributed by atoms with E-state index in [1.54, 1.807) is 22.7 Å². The van der Waals surface area contributed by atoms with E-state index in [1.165, 1.54) is 7.11 Å². The second kappa shape index (κ2) is 5.14. The van der Waals surface area contributed by atoms with Crippen LogP contribution in [-0.4, -0.2) is 42.4 Å². The molecule has 0 saturated carbocycles. The summed E-state index contributed by atoms with van der Waals surface area (Å²) in [5.74, 6) is 0.294. The fourth-order valence-electron chi connectivity index (χ4n) is 2.85. The third-order valence-corrected chi connectivity index (χ3v) is 5.62. The van der Waals surface area contributed by atoms with Crippen molar-refractivity contribution in [1.82, 2.24) is 9.38 Å². The molecule has 7 heteroatoms. The lowest BCUT2D eigenvalue weighted by Gasteiger charge is -2.21. The average Bonchev–Trinajstić information content (AvgIpc) is 2.89. The van der Waals surface area contributed by atoms with Crippen LogP contribution in [0.5, 0.6) is 0 Å². The van der Waals surface area contributed by atoms with E-state index in [-0.39, 0.29) is 17.4 Å². The zero-order chi connectivity index (χ0) is 15.0. The van der Waals surface area contributed by atoms with E-state index >= 15 is 0 Å². The Kier molecular flexibility index (Phi) is 3.44. The highest BCUT2D eigenvalue weighted by Crippen LogP contribution is 2.28. The first-order chi connectivity index (χ1) is 10.0. The van der Waals surface area contributed by atoms with Gasteiger partial charge in [-0.05, 0) is 25.0 Å². The Bertz CT molecular complexity index is 794. The molecular weight excluding hydrogens is 292 g/mol. The van der Waals surface area contributed by atoms with E-state index in [2.05, 4.69) is 4.98 Å². The van der Waals surface area contributed by atoms with E-state index in [1.807, 2.05) is 6.07 Å². The summed E-state index contributed by atoms with van der Waals surface area (Å²) in [6.45, 7) is 0. The highest BCUT2D eigenvalue weighted by atomic mass is 32.2. The number of pyridine rings is 1. The molecule has 0 aromatic carbocycles. The smallest absolute Gasteiger partial charge is 0.355 e. The number of nitrogens with zero attached hydrogens (tertiary/aromatic N) is 2. The number of carbonyl (C=O) groups is 1. The predicted octanol–water partition coefficient (Wildman–Crippen LogP) is 1.41. The van der Waals surface area contributed by atoms with Crippen molar-refractivity contribution >= 4 is 21.3 Å². The maximum atomic E-state index is 11.9. The molecule has 0 N–H and O–H groups in total. The van der Waals surface area contributed by atoms with Gasteiger partial charge in [-0.3, -0.25) is 4.40 Å². The summed E-state index contributed by atoms with van der Waals surface area (Å²) < 4.78 is 30.2. The van der Waals surface area contributed by atoms with Crippen molar-refractivity contribution in [3.8, 4) is 0 Å². The highest BCUT2D eigenvalue weighted by Gasteiger charge is 2.29. The zero-order valence-electron chi connectivity index (χ0n) is 11.7. The Hall–Kier alpha value is -1.89. The maximum Gasteiger partial charge on any atom is 0.355 e. The lowest BCUT2D eigenvalue weighted by Crippen LogP contribution is -2.25. The number of rotatable bonds is 2. The lowest BCUT2D eigenvalue weighted by atomic mass is 10.0. The van der Waals surface area contributed by atoms with Gasteiger partial charge in [-0.1, -0.05) is 6.07 Å². The van der Waals surface area contributed by atoms with Gasteiger partial charge in [0.25, 0.3) is 0 Å². The molecule has 3 heterocycles. The minimum Gasteiger partial charge on any atom is -0.464 e. The van der Waals surface area contributed by atoms with Crippen LogP contribution in [0.3, 0.4) is 0 Å². The summed E-state index contributed by atoms with van der Waals surface area (Å²) >= 11 is 0. The molecule has 6 nitrogen and oxygen atoms in total. The van der Waals surface area contributed by atoms with Crippen molar-refractivity contribution in [2.24, 2.45) is 0 Å². The molecule has 0 spiro atoms. The van der Waals surface area contributed by atoms with Crippen LogP contribution in [0.1, 0.15) is 35.1 Å². The summed E-state index contributed by atoms with van der Waals surface area (Å²) in [5, 5.41) is 0. The van der Waals surface area contributed by atoms with E-state index in [4.69, 9.17) is 4.74 Å². The summed E-state index contributed by atoms with van der Waals surface area (Å²) in [7, 11) is -1.71. The molecule has 0 radical (unpaired) electrons. The maximum absolute atomic E-state index is 11.9. The van der Waals surface area contributed by atoms with Crippen LogP contribution in [-0.2, 0) is 14.6 Å². The molecule has 21 heavy (non-hydrogen) atoms. The van der Waals surface area contributed by atoms with Gasteiger partial charge >= 0.3 is 5.97 Å². The number of carbonyl (C=O) groups excluding carboxylic acids is 1. The fraction of sp³-hybridized carbons (Fsp3) is 0.429. The molecule has 112 valence electrons. The molecule has 0 aliphatic carbocycles. The van der Waals surface area contributed by atoms with Crippen molar-refractivity contribution < 1.29 is 17.9 Å². The highest BCUT2D eigenvalue weighted by molar-refractivity contribution is 7.91. The number of esters is 1. The van der Waals surface area contributed by atoms with Gasteiger partial charge in [0.1, 0.15) is 11.5 Å². The molecule has 0 amide bonds. The number of methoxy groups -OCH3 is 1. The third-order valence-electron chi connectivity index (χ3n) is 3.80. The Balaban J connectivity index is 2.13. The van der Waals surface area contributed by atoms with Gasteiger partial charge < -0.3 is 4.74 Å². The van der Waals surface area contributed by atoms with Crippen LogP contribution in [0.4, 0.5) is 0 Å². The predicted molar refractivity (Wildman–Crippen MR) is 77.2 cm³/mol. The normalized spacial score (nSPS) is 21.3. The number of hydrogen-bond acceptors (Lipinski definition) is 5. The SMILES string of the molecule is COC(=O)c1cccc2cnc(C3CCCS(=O)(=O)C3)n12. The summed E-state index contributed by atoms with van der Waals surface area (Å²) in [6, 6.07) is 5.24. The summed E-state index contributed by atoms with van der Waals surface area (Å²) in [4.78, 5) is 16.3. The molecule has 1 fully saturated rings. The molecular formula is C14H16N2O4S. The van der Waals surface area contributed by atoms with Crippen molar-refractivity contribution in [2.45, 2.75) is 18.8 Å². The first kappa shape index (κ1) is 14.1. The monoisotopic (exact) mass is 308 g/mol. The summed E-state index contributed by atoms with van der Waals surface area (Å²) in [5.41, 5.74) is 1.13. The Labute approximate surface area is 122 Å². The van der Waals surface area contributed by atoms with Gasteiger partial charge in [-0.2, -0.15) is 0 Å². The van der Waals surface area contributed by atoms with Crippen LogP contribution < -0.4 is 0 Å². The molecule has 3 rings (SSSR count). The van der Waals surface area contributed by atoms with Crippen molar-refractivity contribution in [1.29, 1.82) is 0 Å². The number of ether oxygens (including phenoxy) is 1. The molecule has 1 aliphatic heterocycles. The van der Waals surface area contributed by atoms with Gasteiger partial charge in [-0.15, -0.1) is 0 Å². The zero-order valence-corrected chi connectivity index (χ0v) is 12.5. The molecule has 2 aromatic heterocycles. The molecule has 1 aliphatic rings. The number of aromatic nitrogens is 2. The number of fused-ring (bicyclic) bond motifs is 1. The number of hydrogen-bond donors (Lipinski definition) is 0. The van der Waals surface area contributed by atoms with Crippen LogP contribution in [0.25, 0.3) is 5.52 Å². The lowest BCUT2D eigenvalue weighted by molar-refractivity contribution is 0.0592. The number of imidazole rings is 1. The second-order valence-electron chi connectivity index (χ2n) is 5.23. The molecule has 1 atom stereocenters. The van der Waals surface area contributed by atoms with Crippen LogP contribution >= 0.6 is 0 Å². The van der Waals surface area contributed by atoms with Crippen molar-refractivity contribution in [3.05, 3.63) is 35.9 Å². The first-order valence-electron chi connectivity index (χ1n) is 6.77. The minimum absolute atomic E-state index is 0.0849. The Morgan fingerprint density at radius 3 is 2.95 bits per heavy atom. The van der Waals surface area contributed by atoms with E-state index in [0.29, 0.717) is 17.9 Å². The van der Waals surface area contributed by atoms with E-state index < -0.39 is 15.8 Å². The molecule has 1 unspecified atom stereocenters. The largest absolute Gasteiger partial charge is 0.464 e. The summed E-state index contributed by atoms with van der Waals surface area (Å²) in [6.07, 6.45) is 3.04. The van der Waals surface area contributed by atoms with Gasteiger partial charge in [0, 0.05) is 5.92 Å². The third kappa shape index (κ3) is 2.53. The van der Waals surface area contributed by atoms with Crippen LogP contribution in [0.2, 0.25) is 0 Å². The second-order valence-corrected chi connectivity index (χ2v) is 7.46. The van der Waals surface area contributed by atoms with Crippen LogP contribution in [0.15, 0.2) is 24.4 Å². The molecule has 0 bridgehead atoms.